The Morgan fingerprint density at radius 2 is 2.00 bits per heavy atom. The molecular formula is C21H17N3O3S. The molecular weight excluding hydrogens is 374 g/mol. The SMILES string of the molecule is COc1cc(C(=O)Nc2ccc3ccccc3n2)ccc1OCc1cscn1. The predicted octanol–water partition coefficient (Wildman–Crippen LogP) is 4.53. The maximum atomic E-state index is 12.6. The first-order valence-corrected chi connectivity index (χ1v) is 9.52. The number of hydrogen-bond acceptors (Lipinski definition) is 6. The van der Waals surface area contributed by atoms with E-state index in [1.165, 1.54) is 18.4 Å². The van der Waals surface area contributed by atoms with Crippen molar-refractivity contribution in [3.63, 3.8) is 0 Å². The van der Waals surface area contributed by atoms with Crippen LogP contribution in [0.15, 0.2) is 65.5 Å². The van der Waals surface area contributed by atoms with Crippen LogP contribution in [0.1, 0.15) is 16.1 Å². The van der Waals surface area contributed by atoms with E-state index in [2.05, 4.69) is 15.3 Å². The Morgan fingerprint density at radius 3 is 2.82 bits per heavy atom. The van der Waals surface area contributed by atoms with E-state index in [4.69, 9.17) is 9.47 Å². The Kier molecular flexibility index (Phi) is 5.16. The molecule has 1 amide bonds. The fourth-order valence-corrected chi connectivity index (χ4v) is 3.26. The number of aromatic nitrogens is 2. The van der Waals surface area contributed by atoms with Gasteiger partial charge in [0.25, 0.3) is 5.91 Å². The van der Waals surface area contributed by atoms with Crippen LogP contribution < -0.4 is 14.8 Å². The number of amides is 1. The number of para-hydroxylation sites is 1. The number of rotatable bonds is 6. The number of carbonyl (C=O) groups is 1. The summed E-state index contributed by atoms with van der Waals surface area (Å²) < 4.78 is 11.1. The highest BCUT2D eigenvalue weighted by Crippen LogP contribution is 2.29. The van der Waals surface area contributed by atoms with E-state index in [0.717, 1.165) is 16.6 Å². The number of benzene rings is 2. The molecule has 0 saturated heterocycles. The van der Waals surface area contributed by atoms with Crippen molar-refractivity contribution in [3.05, 3.63) is 76.7 Å². The summed E-state index contributed by atoms with van der Waals surface area (Å²) >= 11 is 1.51. The normalized spacial score (nSPS) is 10.6. The third-order valence-electron chi connectivity index (χ3n) is 4.12. The lowest BCUT2D eigenvalue weighted by molar-refractivity contribution is 0.102. The van der Waals surface area contributed by atoms with Crippen molar-refractivity contribution in [3.8, 4) is 11.5 Å². The molecule has 0 atom stereocenters. The average molecular weight is 391 g/mol. The van der Waals surface area contributed by atoms with Crippen molar-refractivity contribution in [1.82, 2.24) is 9.97 Å². The highest BCUT2D eigenvalue weighted by atomic mass is 32.1. The van der Waals surface area contributed by atoms with Crippen molar-refractivity contribution in [2.45, 2.75) is 6.61 Å². The molecule has 4 rings (SSSR count). The Morgan fingerprint density at radius 1 is 1.11 bits per heavy atom. The number of fused-ring (bicyclic) bond motifs is 1. The summed E-state index contributed by atoms with van der Waals surface area (Å²) in [5.74, 6) is 1.25. The fourth-order valence-electron chi connectivity index (χ4n) is 2.71. The van der Waals surface area contributed by atoms with Crippen molar-refractivity contribution in [2.24, 2.45) is 0 Å². The molecule has 0 aliphatic carbocycles. The molecule has 6 nitrogen and oxygen atoms in total. The molecule has 7 heteroatoms. The molecule has 28 heavy (non-hydrogen) atoms. The second-order valence-electron chi connectivity index (χ2n) is 5.98. The van der Waals surface area contributed by atoms with Crippen LogP contribution in [0.4, 0.5) is 5.82 Å². The summed E-state index contributed by atoms with van der Waals surface area (Å²) in [7, 11) is 1.54. The van der Waals surface area contributed by atoms with Crippen molar-refractivity contribution in [1.29, 1.82) is 0 Å². The zero-order valence-electron chi connectivity index (χ0n) is 15.1. The van der Waals surface area contributed by atoms with Crippen LogP contribution >= 0.6 is 11.3 Å². The molecule has 4 aromatic rings. The number of methoxy groups -OCH3 is 1. The zero-order chi connectivity index (χ0) is 19.3. The van der Waals surface area contributed by atoms with Gasteiger partial charge in [-0.05, 0) is 36.4 Å². The van der Waals surface area contributed by atoms with Gasteiger partial charge in [-0.3, -0.25) is 4.79 Å². The number of hydrogen-bond donors (Lipinski definition) is 1. The Bertz CT molecular complexity index is 1110. The molecule has 0 fully saturated rings. The van der Waals surface area contributed by atoms with E-state index in [-0.39, 0.29) is 5.91 Å². The van der Waals surface area contributed by atoms with Crippen molar-refractivity contribution < 1.29 is 14.3 Å². The molecule has 0 saturated carbocycles. The minimum Gasteiger partial charge on any atom is -0.493 e. The maximum Gasteiger partial charge on any atom is 0.256 e. The molecule has 0 bridgehead atoms. The first kappa shape index (κ1) is 17.9. The lowest BCUT2D eigenvalue weighted by atomic mass is 10.2. The van der Waals surface area contributed by atoms with Crippen LogP contribution in [0.25, 0.3) is 10.9 Å². The van der Waals surface area contributed by atoms with Gasteiger partial charge < -0.3 is 14.8 Å². The Balaban J connectivity index is 1.50. The summed E-state index contributed by atoms with van der Waals surface area (Å²) in [6, 6.07) is 16.5. The second-order valence-corrected chi connectivity index (χ2v) is 6.70. The largest absolute Gasteiger partial charge is 0.493 e. The van der Waals surface area contributed by atoms with Gasteiger partial charge in [0.1, 0.15) is 12.4 Å². The van der Waals surface area contributed by atoms with E-state index in [1.807, 2.05) is 35.7 Å². The Labute approximate surface area is 165 Å². The van der Waals surface area contributed by atoms with E-state index in [0.29, 0.717) is 29.5 Å². The van der Waals surface area contributed by atoms with Gasteiger partial charge in [0.15, 0.2) is 11.5 Å². The standard InChI is InChI=1S/C21H17N3O3S/c1-26-19-10-15(6-8-18(19)27-11-16-12-28-13-22-16)21(25)24-20-9-7-14-4-2-3-5-17(14)23-20/h2-10,12-13H,11H2,1H3,(H,23,24,25). The quantitative estimate of drug-likeness (QED) is 0.523. The summed E-state index contributed by atoms with van der Waals surface area (Å²) in [6.07, 6.45) is 0. The maximum absolute atomic E-state index is 12.6. The van der Waals surface area contributed by atoms with Crippen LogP contribution in [0.3, 0.4) is 0 Å². The van der Waals surface area contributed by atoms with Gasteiger partial charge in [-0.25, -0.2) is 9.97 Å². The highest BCUT2D eigenvalue weighted by Gasteiger charge is 2.13. The molecule has 2 aromatic heterocycles. The molecule has 0 radical (unpaired) electrons. The summed E-state index contributed by atoms with van der Waals surface area (Å²) in [5.41, 5.74) is 3.87. The van der Waals surface area contributed by atoms with Gasteiger partial charge in [-0.2, -0.15) is 0 Å². The van der Waals surface area contributed by atoms with E-state index in [1.54, 1.807) is 29.8 Å². The third kappa shape index (κ3) is 3.94. The summed E-state index contributed by atoms with van der Waals surface area (Å²) in [4.78, 5) is 21.3. The topological polar surface area (TPSA) is 73.3 Å². The van der Waals surface area contributed by atoms with E-state index >= 15 is 0 Å². The molecule has 0 aliphatic rings. The van der Waals surface area contributed by atoms with Crippen LogP contribution in [-0.2, 0) is 6.61 Å². The third-order valence-corrected chi connectivity index (χ3v) is 4.76. The van der Waals surface area contributed by atoms with Gasteiger partial charge >= 0.3 is 0 Å². The average Bonchev–Trinajstić information content (AvgIpc) is 3.25. The number of pyridine rings is 1. The minimum atomic E-state index is -0.271. The number of ether oxygens (including phenoxy) is 2. The van der Waals surface area contributed by atoms with Crippen molar-refractivity contribution in [2.75, 3.05) is 12.4 Å². The number of thiazole rings is 1. The summed E-state index contributed by atoms with van der Waals surface area (Å²) in [6.45, 7) is 0.340. The molecule has 2 aromatic carbocycles. The molecule has 0 unspecified atom stereocenters. The Hall–Kier alpha value is -3.45. The first-order valence-electron chi connectivity index (χ1n) is 8.58. The monoisotopic (exact) mass is 391 g/mol. The lowest BCUT2D eigenvalue weighted by Crippen LogP contribution is -2.13. The lowest BCUT2D eigenvalue weighted by Gasteiger charge is -2.12. The van der Waals surface area contributed by atoms with E-state index < -0.39 is 0 Å². The number of nitrogens with one attached hydrogen (secondary N) is 1. The smallest absolute Gasteiger partial charge is 0.256 e. The fraction of sp³-hybridized carbons (Fsp3) is 0.0952. The van der Waals surface area contributed by atoms with Crippen LogP contribution in [0.5, 0.6) is 11.5 Å². The number of nitrogens with zero attached hydrogens (tertiary/aromatic N) is 2. The van der Waals surface area contributed by atoms with Gasteiger partial charge in [-0.15, -0.1) is 11.3 Å². The molecule has 1 N–H and O–H groups in total. The van der Waals surface area contributed by atoms with Crippen LogP contribution in [-0.4, -0.2) is 23.0 Å². The number of anilines is 1. The molecule has 0 aliphatic heterocycles. The highest BCUT2D eigenvalue weighted by molar-refractivity contribution is 7.07. The molecule has 140 valence electrons. The van der Waals surface area contributed by atoms with Gasteiger partial charge in [0.2, 0.25) is 0 Å². The van der Waals surface area contributed by atoms with Crippen molar-refractivity contribution >= 4 is 34.0 Å². The predicted molar refractivity (Wildman–Crippen MR) is 109 cm³/mol. The number of carbonyl (C=O) groups excluding carboxylic acids is 1. The molecule has 2 heterocycles. The minimum absolute atomic E-state index is 0.271. The van der Waals surface area contributed by atoms with Crippen LogP contribution in [0, 0.1) is 0 Å². The first-order chi connectivity index (χ1) is 13.7. The van der Waals surface area contributed by atoms with Gasteiger partial charge in [0, 0.05) is 16.3 Å². The van der Waals surface area contributed by atoms with Gasteiger partial charge in [-0.1, -0.05) is 18.2 Å². The van der Waals surface area contributed by atoms with E-state index in [9.17, 15) is 4.79 Å². The second kappa shape index (κ2) is 8.06. The van der Waals surface area contributed by atoms with Crippen LogP contribution in [0.2, 0.25) is 0 Å². The molecule has 0 spiro atoms. The zero-order valence-corrected chi connectivity index (χ0v) is 15.9. The van der Waals surface area contributed by atoms with Gasteiger partial charge in [0.05, 0.1) is 23.8 Å². The summed E-state index contributed by atoms with van der Waals surface area (Å²) in [5, 5.41) is 5.76.